The maximum Gasteiger partial charge on any atom is 0.321 e. The first-order valence-corrected chi connectivity index (χ1v) is 6.06. The van der Waals surface area contributed by atoms with Crippen molar-refractivity contribution < 1.29 is 4.79 Å². The Hall–Kier alpha value is -1.71. The van der Waals surface area contributed by atoms with Crippen LogP contribution in [0.25, 0.3) is 0 Å². The number of amides is 2. The molecule has 1 aliphatic heterocycles. The molecule has 0 bridgehead atoms. The van der Waals surface area contributed by atoms with E-state index in [2.05, 4.69) is 12.2 Å². The second-order valence-corrected chi connectivity index (χ2v) is 4.75. The van der Waals surface area contributed by atoms with Gasteiger partial charge in [0.1, 0.15) is 0 Å². The Morgan fingerprint density at radius 2 is 2.35 bits per heavy atom. The summed E-state index contributed by atoms with van der Waals surface area (Å²) in [7, 11) is 0. The molecule has 2 rings (SSSR count). The number of nitrogen functional groups attached to an aromatic ring is 1. The second-order valence-electron chi connectivity index (χ2n) is 4.75. The molecular formula is C13H19N3O. The first kappa shape index (κ1) is 11.8. The van der Waals surface area contributed by atoms with Crippen LogP contribution in [0, 0.1) is 5.92 Å². The monoisotopic (exact) mass is 233 g/mol. The van der Waals surface area contributed by atoms with Crippen molar-refractivity contribution >= 4 is 17.4 Å². The van der Waals surface area contributed by atoms with Crippen LogP contribution in [0.15, 0.2) is 24.3 Å². The fraction of sp³-hybridized carbons (Fsp3) is 0.462. The maximum absolute atomic E-state index is 12.0. The van der Waals surface area contributed by atoms with Crippen LogP contribution in [-0.4, -0.2) is 24.0 Å². The van der Waals surface area contributed by atoms with E-state index >= 15 is 0 Å². The molecule has 1 aliphatic rings. The summed E-state index contributed by atoms with van der Waals surface area (Å²) in [6.07, 6.45) is 2.30. The lowest BCUT2D eigenvalue weighted by atomic mass is 10.0. The molecule has 2 amide bonds. The first-order chi connectivity index (χ1) is 8.15. The summed E-state index contributed by atoms with van der Waals surface area (Å²) in [6, 6.07) is 7.23. The van der Waals surface area contributed by atoms with Gasteiger partial charge in [-0.1, -0.05) is 13.0 Å². The molecule has 0 spiro atoms. The van der Waals surface area contributed by atoms with Gasteiger partial charge in [-0.25, -0.2) is 4.79 Å². The van der Waals surface area contributed by atoms with E-state index in [4.69, 9.17) is 5.73 Å². The van der Waals surface area contributed by atoms with Gasteiger partial charge in [0.15, 0.2) is 0 Å². The number of likely N-dealkylation sites (tertiary alicyclic amines) is 1. The van der Waals surface area contributed by atoms with Crippen LogP contribution in [0.2, 0.25) is 0 Å². The zero-order valence-electron chi connectivity index (χ0n) is 10.1. The van der Waals surface area contributed by atoms with Gasteiger partial charge in [0.2, 0.25) is 0 Å². The minimum atomic E-state index is -0.0258. The summed E-state index contributed by atoms with van der Waals surface area (Å²) < 4.78 is 0. The third-order valence-corrected chi connectivity index (χ3v) is 3.08. The van der Waals surface area contributed by atoms with E-state index in [0.29, 0.717) is 11.6 Å². The predicted octanol–water partition coefficient (Wildman–Crippen LogP) is 2.53. The molecule has 0 aliphatic carbocycles. The SMILES string of the molecule is CC1CCCN(C(=O)Nc2cccc(N)c2)C1. The largest absolute Gasteiger partial charge is 0.399 e. The third kappa shape index (κ3) is 3.12. The van der Waals surface area contributed by atoms with Crippen LogP contribution in [-0.2, 0) is 0 Å². The van der Waals surface area contributed by atoms with E-state index in [9.17, 15) is 4.79 Å². The lowest BCUT2D eigenvalue weighted by Crippen LogP contribution is -2.41. The summed E-state index contributed by atoms with van der Waals surface area (Å²) in [5, 5.41) is 2.88. The molecule has 4 heteroatoms. The average Bonchev–Trinajstić information content (AvgIpc) is 2.29. The Bertz CT molecular complexity index is 405. The zero-order chi connectivity index (χ0) is 12.3. The van der Waals surface area contributed by atoms with Crippen LogP contribution in [0.4, 0.5) is 16.2 Å². The quantitative estimate of drug-likeness (QED) is 0.732. The first-order valence-electron chi connectivity index (χ1n) is 6.06. The van der Waals surface area contributed by atoms with Gasteiger partial charge < -0.3 is 16.0 Å². The van der Waals surface area contributed by atoms with Crippen molar-refractivity contribution in [2.45, 2.75) is 19.8 Å². The standard InChI is InChI=1S/C13H19N3O/c1-10-4-3-7-16(9-10)13(17)15-12-6-2-5-11(14)8-12/h2,5-6,8,10H,3-4,7,9,14H2,1H3,(H,15,17). The van der Waals surface area contributed by atoms with Gasteiger partial charge in [-0.15, -0.1) is 0 Å². The molecule has 1 unspecified atom stereocenters. The lowest BCUT2D eigenvalue weighted by molar-refractivity contribution is 0.182. The molecule has 17 heavy (non-hydrogen) atoms. The van der Waals surface area contributed by atoms with Gasteiger partial charge in [-0.05, 0) is 37.0 Å². The second kappa shape index (κ2) is 5.08. The number of carbonyl (C=O) groups excluding carboxylic acids is 1. The molecule has 1 aromatic rings. The summed E-state index contributed by atoms with van der Waals surface area (Å²) in [4.78, 5) is 13.9. The number of hydrogen-bond donors (Lipinski definition) is 2. The number of benzene rings is 1. The maximum atomic E-state index is 12.0. The van der Waals surface area contributed by atoms with Crippen molar-refractivity contribution in [1.29, 1.82) is 0 Å². The topological polar surface area (TPSA) is 58.4 Å². The van der Waals surface area contributed by atoms with Crippen molar-refractivity contribution in [1.82, 2.24) is 4.90 Å². The van der Waals surface area contributed by atoms with Crippen molar-refractivity contribution in [2.24, 2.45) is 5.92 Å². The molecule has 0 aromatic heterocycles. The molecule has 1 heterocycles. The molecule has 92 valence electrons. The fourth-order valence-electron chi connectivity index (χ4n) is 2.19. The van der Waals surface area contributed by atoms with Crippen LogP contribution >= 0.6 is 0 Å². The van der Waals surface area contributed by atoms with Gasteiger partial charge in [0, 0.05) is 24.5 Å². The van der Waals surface area contributed by atoms with Crippen LogP contribution in [0.3, 0.4) is 0 Å². The molecule has 4 nitrogen and oxygen atoms in total. The van der Waals surface area contributed by atoms with Gasteiger partial charge in [-0.3, -0.25) is 0 Å². The molecule has 1 saturated heterocycles. The van der Waals surface area contributed by atoms with E-state index in [0.717, 1.165) is 25.2 Å². The van der Waals surface area contributed by atoms with Crippen molar-refractivity contribution in [3.63, 3.8) is 0 Å². The number of hydrogen-bond acceptors (Lipinski definition) is 2. The predicted molar refractivity (Wildman–Crippen MR) is 69.8 cm³/mol. The number of urea groups is 1. The number of nitrogens with one attached hydrogen (secondary N) is 1. The summed E-state index contributed by atoms with van der Waals surface area (Å²) in [5.41, 5.74) is 7.09. The average molecular weight is 233 g/mol. The van der Waals surface area contributed by atoms with Gasteiger partial charge in [0.05, 0.1) is 0 Å². The van der Waals surface area contributed by atoms with Crippen molar-refractivity contribution in [2.75, 3.05) is 24.1 Å². The molecule has 1 aromatic carbocycles. The number of carbonyl (C=O) groups is 1. The zero-order valence-corrected chi connectivity index (χ0v) is 10.1. The number of nitrogens with two attached hydrogens (primary N) is 1. The van der Waals surface area contributed by atoms with Gasteiger partial charge in [-0.2, -0.15) is 0 Å². The van der Waals surface area contributed by atoms with Crippen LogP contribution in [0.5, 0.6) is 0 Å². The number of rotatable bonds is 1. The smallest absolute Gasteiger partial charge is 0.321 e. The highest BCUT2D eigenvalue weighted by atomic mass is 16.2. The molecule has 1 fully saturated rings. The summed E-state index contributed by atoms with van der Waals surface area (Å²) in [5.74, 6) is 0.593. The Balaban J connectivity index is 1.96. The fourth-order valence-corrected chi connectivity index (χ4v) is 2.19. The van der Waals surface area contributed by atoms with E-state index in [1.807, 2.05) is 17.0 Å². The number of anilines is 2. The van der Waals surface area contributed by atoms with E-state index in [-0.39, 0.29) is 6.03 Å². The minimum absolute atomic E-state index is 0.0258. The highest BCUT2D eigenvalue weighted by Crippen LogP contribution is 2.17. The molecule has 3 N–H and O–H groups in total. The Morgan fingerprint density at radius 1 is 1.53 bits per heavy atom. The third-order valence-electron chi connectivity index (χ3n) is 3.08. The number of piperidine rings is 1. The highest BCUT2D eigenvalue weighted by Gasteiger charge is 2.20. The number of nitrogens with zero attached hydrogens (tertiary/aromatic N) is 1. The van der Waals surface area contributed by atoms with Crippen molar-refractivity contribution in [3.05, 3.63) is 24.3 Å². The Labute approximate surface area is 102 Å². The van der Waals surface area contributed by atoms with E-state index in [1.54, 1.807) is 12.1 Å². The lowest BCUT2D eigenvalue weighted by Gasteiger charge is -2.30. The van der Waals surface area contributed by atoms with Crippen molar-refractivity contribution in [3.8, 4) is 0 Å². The Morgan fingerprint density at radius 3 is 3.06 bits per heavy atom. The molecule has 1 atom stereocenters. The summed E-state index contributed by atoms with van der Waals surface area (Å²) >= 11 is 0. The molecule has 0 saturated carbocycles. The highest BCUT2D eigenvalue weighted by molar-refractivity contribution is 5.89. The molecule has 0 radical (unpaired) electrons. The Kier molecular flexibility index (Phi) is 3.52. The summed E-state index contributed by atoms with van der Waals surface area (Å²) in [6.45, 7) is 3.87. The van der Waals surface area contributed by atoms with Gasteiger partial charge >= 0.3 is 6.03 Å². The van der Waals surface area contributed by atoms with Gasteiger partial charge in [0.25, 0.3) is 0 Å². The van der Waals surface area contributed by atoms with E-state index in [1.165, 1.54) is 6.42 Å². The minimum Gasteiger partial charge on any atom is -0.399 e. The van der Waals surface area contributed by atoms with Crippen LogP contribution < -0.4 is 11.1 Å². The van der Waals surface area contributed by atoms with E-state index < -0.39 is 0 Å². The van der Waals surface area contributed by atoms with Crippen LogP contribution in [0.1, 0.15) is 19.8 Å². The normalized spacial score (nSPS) is 20.1. The molecular weight excluding hydrogens is 214 g/mol.